The van der Waals surface area contributed by atoms with Gasteiger partial charge in [-0.15, -0.1) is 53.6 Å². The van der Waals surface area contributed by atoms with Crippen LogP contribution in [0.2, 0.25) is 19.6 Å². The summed E-state index contributed by atoms with van der Waals surface area (Å²) in [4.78, 5) is 9.85. The number of para-hydroxylation sites is 3. The summed E-state index contributed by atoms with van der Waals surface area (Å²) in [7, 11) is -1.40. The van der Waals surface area contributed by atoms with Crippen LogP contribution >= 0.6 is 0 Å². The molecule has 0 saturated carbocycles. The number of nitrogens with zero attached hydrogens (tertiary/aromatic N) is 3. The van der Waals surface area contributed by atoms with Crippen molar-refractivity contribution < 1.29 is 24.5 Å². The van der Waals surface area contributed by atoms with Gasteiger partial charge in [0.15, 0.2) is 0 Å². The fourth-order valence-corrected chi connectivity index (χ4v) is 9.69. The van der Waals surface area contributed by atoms with E-state index in [1.54, 1.807) is 0 Å². The molecule has 0 aliphatic rings. The third kappa shape index (κ3) is 8.71. The van der Waals surface area contributed by atoms with Gasteiger partial charge in [-0.3, -0.25) is 4.98 Å². The number of hydrogen-bond donors (Lipinski definition) is 0. The molecule has 1 radical (unpaired) electrons. The van der Waals surface area contributed by atoms with E-state index in [9.17, 15) is 0 Å². The van der Waals surface area contributed by atoms with Crippen LogP contribution in [0.25, 0.3) is 83.6 Å². The molecule has 6 heteroatoms. The average molecular weight is 986 g/mol. The zero-order valence-electron chi connectivity index (χ0n) is 35.1. The number of aromatic nitrogens is 3. The summed E-state index contributed by atoms with van der Waals surface area (Å²) in [6.07, 6.45) is 3.23. The van der Waals surface area contributed by atoms with Crippen LogP contribution in [0.3, 0.4) is 0 Å². The van der Waals surface area contributed by atoms with E-state index in [1.807, 2.05) is 60.7 Å². The molecule has 0 atom stereocenters. The zero-order valence-corrected chi connectivity index (χ0v) is 38.5. The van der Waals surface area contributed by atoms with Crippen molar-refractivity contribution in [3.63, 3.8) is 0 Å². The Balaban J connectivity index is 0.000000172. The molecule has 4 nitrogen and oxygen atoms in total. The molecule has 61 heavy (non-hydrogen) atoms. The standard InChI is InChI=1S/C31H19N2O.C24H28NSi.Ir/c1-2-9-21(10-3-1)22-17-19-23(20-18-22)33-28-15-6-5-14-27(28)32-31(33)26-13-8-12-25-24-11-4-7-16-29(24)34-30(25)26;1-18(2)14-22-16-23(25-17-24(22)26(3,4)5)21-13-9-12-20(15-21)19-10-7-6-8-11-19;/h1-12,14-20H;6-12,15-18H,14H2,1-5H3;/q2*-1;. The first-order valence-electron chi connectivity index (χ1n) is 20.7. The van der Waals surface area contributed by atoms with Crippen molar-refractivity contribution in [2.24, 2.45) is 5.92 Å². The van der Waals surface area contributed by atoms with Gasteiger partial charge in [-0.05, 0) is 70.2 Å². The van der Waals surface area contributed by atoms with Gasteiger partial charge in [0.1, 0.15) is 5.58 Å². The predicted octanol–water partition coefficient (Wildman–Crippen LogP) is 14.0. The molecule has 0 unspecified atom stereocenters. The molecule has 0 fully saturated rings. The van der Waals surface area contributed by atoms with Crippen molar-refractivity contribution in [1.29, 1.82) is 0 Å². The van der Waals surface area contributed by atoms with Crippen molar-refractivity contribution in [3.05, 3.63) is 194 Å². The largest absolute Gasteiger partial charge is 0.501 e. The van der Waals surface area contributed by atoms with Crippen LogP contribution < -0.4 is 5.19 Å². The van der Waals surface area contributed by atoms with Gasteiger partial charge in [-0.1, -0.05) is 159 Å². The first-order chi connectivity index (χ1) is 29.2. The second-order valence-electron chi connectivity index (χ2n) is 16.8. The molecule has 0 bridgehead atoms. The molecule has 0 aliphatic heterocycles. The normalized spacial score (nSPS) is 11.4. The van der Waals surface area contributed by atoms with Crippen molar-refractivity contribution in [2.45, 2.75) is 39.9 Å². The molecule has 7 aromatic carbocycles. The van der Waals surface area contributed by atoms with Crippen LogP contribution in [0.15, 0.2) is 180 Å². The molecule has 0 saturated heterocycles. The maximum Gasteiger partial charge on any atom is 0.120 e. The van der Waals surface area contributed by atoms with E-state index in [0.717, 1.165) is 67.7 Å². The van der Waals surface area contributed by atoms with Crippen LogP contribution in [0.5, 0.6) is 0 Å². The van der Waals surface area contributed by atoms with E-state index in [4.69, 9.17) is 14.4 Å². The van der Waals surface area contributed by atoms with Gasteiger partial charge >= 0.3 is 0 Å². The van der Waals surface area contributed by atoms with E-state index < -0.39 is 8.07 Å². The molecule has 0 amide bonds. The smallest absolute Gasteiger partial charge is 0.120 e. The number of pyridine rings is 1. The Kier molecular flexibility index (Phi) is 12.1. The van der Waals surface area contributed by atoms with E-state index in [2.05, 4.69) is 166 Å². The average Bonchev–Trinajstić information content (AvgIpc) is 3.86. The SMILES string of the molecule is CC(C)Cc1cc(-c2[c-]ccc(-c3ccccc3)c2)ncc1[Si](C)(C)C.[Ir].[c-]1ccc2c(oc3ccccc32)c1-c1nc2ccccc2n1-c1ccc(-c2ccccc2)cc1. The van der Waals surface area contributed by atoms with Crippen LogP contribution in [-0.4, -0.2) is 22.6 Å². The Bertz CT molecular complexity index is 3070. The number of imidazole rings is 1. The molecule has 10 rings (SSSR count). The molecular formula is C55H47IrN3OSi-2. The monoisotopic (exact) mass is 986 g/mol. The topological polar surface area (TPSA) is 43.9 Å². The van der Waals surface area contributed by atoms with Crippen molar-refractivity contribution >= 4 is 46.2 Å². The van der Waals surface area contributed by atoms with Gasteiger partial charge in [0.2, 0.25) is 0 Å². The second-order valence-corrected chi connectivity index (χ2v) is 21.8. The predicted molar refractivity (Wildman–Crippen MR) is 254 cm³/mol. The zero-order chi connectivity index (χ0) is 41.2. The van der Waals surface area contributed by atoms with Gasteiger partial charge in [-0.2, -0.15) is 0 Å². The summed E-state index contributed by atoms with van der Waals surface area (Å²) in [5.41, 5.74) is 13.9. The van der Waals surface area contributed by atoms with Gasteiger partial charge in [0.25, 0.3) is 0 Å². The minimum absolute atomic E-state index is 0. The van der Waals surface area contributed by atoms with Gasteiger partial charge < -0.3 is 14.0 Å². The van der Waals surface area contributed by atoms with E-state index in [-0.39, 0.29) is 20.1 Å². The molecule has 10 aromatic rings. The fraction of sp³-hybridized carbons (Fsp3) is 0.127. The van der Waals surface area contributed by atoms with Crippen LogP contribution in [0.4, 0.5) is 0 Å². The molecule has 0 N–H and O–H groups in total. The Morgan fingerprint density at radius 1 is 0.639 bits per heavy atom. The van der Waals surface area contributed by atoms with E-state index in [0.29, 0.717) is 5.92 Å². The molecule has 303 valence electrons. The summed E-state index contributed by atoms with van der Waals surface area (Å²) in [5.74, 6) is 1.46. The third-order valence-corrected chi connectivity index (χ3v) is 13.0. The minimum Gasteiger partial charge on any atom is -0.501 e. The van der Waals surface area contributed by atoms with Crippen LogP contribution in [-0.2, 0) is 26.5 Å². The van der Waals surface area contributed by atoms with E-state index in [1.165, 1.54) is 33.0 Å². The third-order valence-electron chi connectivity index (χ3n) is 11.0. The maximum absolute atomic E-state index is 6.32. The summed E-state index contributed by atoms with van der Waals surface area (Å²) in [6.45, 7) is 11.8. The summed E-state index contributed by atoms with van der Waals surface area (Å²) < 4.78 is 8.51. The summed E-state index contributed by atoms with van der Waals surface area (Å²) in [5, 5.41) is 3.65. The first kappa shape index (κ1) is 41.6. The van der Waals surface area contributed by atoms with Crippen molar-refractivity contribution in [1.82, 2.24) is 14.5 Å². The number of benzene rings is 7. The second kappa shape index (κ2) is 17.8. The number of furan rings is 1. The Labute approximate surface area is 373 Å². The quantitative estimate of drug-likeness (QED) is 0.113. The van der Waals surface area contributed by atoms with Gasteiger partial charge in [0, 0.05) is 37.4 Å². The van der Waals surface area contributed by atoms with Crippen molar-refractivity contribution in [2.75, 3.05) is 0 Å². The summed E-state index contributed by atoms with van der Waals surface area (Å²) >= 11 is 0. The van der Waals surface area contributed by atoms with Crippen LogP contribution in [0, 0.1) is 18.1 Å². The molecule has 3 heterocycles. The number of fused-ring (bicyclic) bond motifs is 4. The summed E-state index contributed by atoms with van der Waals surface area (Å²) in [6, 6.07) is 65.3. The van der Waals surface area contributed by atoms with Gasteiger partial charge in [-0.25, -0.2) is 0 Å². The number of rotatable bonds is 8. The van der Waals surface area contributed by atoms with Crippen LogP contribution in [0.1, 0.15) is 19.4 Å². The van der Waals surface area contributed by atoms with Crippen molar-refractivity contribution in [3.8, 4) is 50.6 Å². The fourth-order valence-electron chi connectivity index (χ4n) is 8.10. The Morgan fingerprint density at radius 3 is 2.00 bits per heavy atom. The molecule has 3 aromatic heterocycles. The van der Waals surface area contributed by atoms with Gasteiger partial charge in [0.05, 0.1) is 30.5 Å². The molecule has 0 spiro atoms. The Morgan fingerprint density at radius 2 is 1.28 bits per heavy atom. The molecular weight excluding hydrogens is 939 g/mol. The van der Waals surface area contributed by atoms with E-state index >= 15 is 0 Å². The Hall–Kier alpha value is -6.17. The minimum atomic E-state index is -1.40. The maximum atomic E-state index is 6.32. The number of hydrogen-bond acceptors (Lipinski definition) is 3. The first-order valence-corrected chi connectivity index (χ1v) is 24.2. The molecule has 0 aliphatic carbocycles.